The van der Waals surface area contributed by atoms with E-state index in [0.29, 0.717) is 11.3 Å². The number of aryl methyl sites for hydroxylation is 1. The van der Waals surface area contributed by atoms with E-state index in [0.717, 1.165) is 6.26 Å². The van der Waals surface area contributed by atoms with E-state index in [-0.39, 0.29) is 26.1 Å². The number of rotatable bonds is 6. The minimum atomic E-state index is -4.09. The lowest BCUT2D eigenvalue weighted by molar-refractivity contribution is 0.103. The number of sulfonamides is 1. The summed E-state index contributed by atoms with van der Waals surface area (Å²) in [7, 11) is -7.55. The monoisotopic (exact) mass is 464 g/mol. The van der Waals surface area contributed by atoms with Crippen molar-refractivity contribution >= 4 is 42.9 Å². The molecule has 1 aromatic heterocycles. The van der Waals surface area contributed by atoms with E-state index in [9.17, 15) is 21.6 Å². The topological polar surface area (TPSA) is 110 Å². The van der Waals surface area contributed by atoms with Gasteiger partial charge in [0.15, 0.2) is 15.6 Å². The zero-order chi connectivity index (χ0) is 22.1. The van der Waals surface area contributed by atoms with Crippen LogP contribution in [0.1, 0.15) is 21.6 Å². The molecule has 0 spiro atoms. The van der Waals surface area contributed by atoms with Gasteiger partial charge in [0.1, 0.15) is 0 Å². The van der Waals surface area contributed by atoms with Crippen molar-refractivity contribution in [3.8, 4) is 0 Å². The van der Waals surface area contributed by atoms with Gasteiger partial charge in [0.05, 0.1) is 15.5 Å². The van der Waals surface area contributed by atoms with Gasteiger partial charge in [-0.15, -0.1) is 0 Å². The molecule has 0 amide bonds. The fraction of sp³-hybridized carbons (Fsp3) is 0.100. The predicted molar refractivity (Wildman–Crippen MR) is 114 cm³/mol. The highest BCUT2D eigenvalue weighted by Gasteiger charge is 2.21. The minimum Gasteiger partial charge on any atom is -0.289 e. The third-order valence-electron chi connectivity index (χ3n) is 4.19. The number of carbonyl (C=O) groups is 1. The Hall–Kier alpha value is -2.75. The average Bonchev–Trinajstić information content (AvgIpc) is 2.68. The van der Waals surface area contributed by atoms with Gasteiger partial charge >= 0.3 is 0 Å². The van der Waals surface area contributed by atoms with Crippen LogP contribution in [0.4, 0.5) is 5.69 Å². The van der Waals surface area contributed by atoms with E-state index in [1.165, 1.54) is 54.7 Å². The molecule has 0 saturated heterocycles. The summed E-state index contributed by atoms with van der Waals surface area (Å²) < 4.78 is 51.1. The molecule has 0 aliphatic rings. The molecule has 0 saturated carbocycles. The minimum absolute atomic E-state index is 0.00290. The van der Waals surface area contributed by atoms with Crippen LogP contribution in [-0.4, -0.2) is 33.9 Å². The SMILES string of the molecule is Cc1cc(C(=O)c2cc(Cl)ccc2NS(=O)(=O)c2ccc(S(C)(=O)=O)cc2)ccn1. The maximum atomic E-state index is 13.0. The first kappa shape index (κ1) is 21.9. The fourth-order valence-corrected chi connectivity index (χ4v) is 4.59. The number of ketones is 1. The van der Waals surface area contributed by atoms with Crippen molar-refractivity contribution in [2.45, 2.75) is 16.7 Å². The number of nitrogens with zero attached hydrogens (tertiary/aromatic N) is 1. The van der Waals surface area contributed by atoms with Crippen molar-refractivity contribution in [2.75, 3.05) is 11.0 Å². The number of hydrogen-bond donors (Lipinski definition) is 1. The van der Waals surface area contributed by atoms with Crippen LogP contribution in [0.5, 0.6) is 0 Å². The van der Waals surface area contributed by atoms with Crippen LogP contribution in [0.15, 0.2) is 70.6 Å². The highest BCUT2D eigenvalue weighted by Crippen LogP contribution is 2.26. The van der Waals surface area contributed by atoms with Crippen molar-refractivity contribution in [1.82, 2.24) is 4.98 Å². The molecule has 0 unspecified atom stereocenters. The van der Waals surface area contributed by atoms with Crippen molar-refractivity contribution in [3.05, 3.63) is 82.6 Å². The lowest BCUT2D eigenvalue weighted by Crippen LogP contribution is -2.16. The van der Waals surface area contributed by atoms with Crippen LogP contribution in [0.2, 0.25) is 5.02 Å². The number of aromatic nitrogens is 1. The Balaban J connectivity index is 1.99. The van der Waals surface area contributed by atoms with Gasteiger partial charge in [-0.2, -0.15) is 0 Å². The van der Waals surface area contributed by atoms with Gasteiger partial charge in [0.25, 0.3) is 10.0 Å². The first-order valence-corrected chi connectivity index (χ1v) is 12.3. The molecule has 0 fully saturated rings. The van der Waals surface area contributed by atoms with E-state index in [4.69, 9.17) is 11.6 Å². The molecule has 0 atom stereocenters. The number of benzene rings is 2. The molecule has 3 rings (SSSR count). The fourth-order valence-electron chi connectivity index (χ4n) is 2.71. The highest BCUT2D eigenvalue weighted by molar-refractivity contribution is 7.92. The van der Waals surface area contributed by atoms with Gasteiger partial charge in [-0.3, -0.25) is 14.5 Å². The zero-order valence-electron chi connectivity index (χ0n) is 16.0. The third-order valence-corrected chi connectivity index (χ3v) is 6.94. The molecular weight excluding hydrogens is 448 g/mol. The maximum Gasteiger partial charge on any atom is 0.261 e. The highest BCUT2D eigenvalue weighted by atomic mass is 35.5. The molecular formula is C20H17ClN2O5S2. The second-order valence-electron chi connectivity index (χ2n) is 6.55. The molecule has 156 valence electrons. The largest absolute Gasteiger partial charge is 0.289 e. The number of halogens is 1. The Labute approximate surface area is 179 Å². The first-order chi connectivity index (χ1) is 14.0. The van der Waals surface area contributed by atoms with Crippen LogP contribution in [0.3, 0.4) is 0 Å². The molecule has 7 nitrogen and oxygen atoms in total. The van der Waals surface area contributed by atoms with Gasteiger partial charge < -0.3 is 0 Å². The first-order valence-electron chi connectivity index (χ1n) is 8.57. The molecule has 2 aromatic carbocycles. The van der Waals surface area contributed by atoms with Gasteiger partial charge in [0, 0.05) is 34.3 Å². The van der Waals surface area contributed by atoms with Crippen LogP contribution in [-0.2, 0) is 19.9 Å². The van der Waals surface area contributed by atoms with Crippen molar-refractivity contribution in [1.29, 1.82) is 0 Å². The van der Waals surface area contributed by atoms with Crippen LogP contribution >= 0.6 is 11.6 Å². The summed E-state index contributed by atoms with van der Waals surface area (Å²) in [5.41, 5.74) is 1.09. The second kappa shape index (κ2) is 8.17. The molecule has 1 N–H and O–H groups in total. The van der Waals surface area contributed by atoms with Crippen molar-refractivity contribution < 1.29 is 21.6 Å². The summed E-state index contributed by atoms with van der Waals surface area (Å²) >= 11 is 6.03. The molecule has 10 heteroatoms. The number of sulfone groups is 1. The molecule has 30 heavy (non-hydrogen) atoms. The number of pyridine rings is 1. The summed E-state index contributed by atoms with van der Waals surface area (Å²) in [5.74, 6) is -0.423. The zero-order valence-corrected chi connectivity index (χ0v) is 18.3. The normalized spacial score (nSPS) is 11.8. The van der Waals surface area contributed by atoms with Crippen LogP contribution in [0, 0.1) is 6.92 Å². The molecule has 0 bridgehead atoms. The Kier molecular flexibility index (Phi) is 5.98. The van der Waals surface area contributed by atoms with E-state index < -0.39 is 25.6 Å². The summed E-state index contributed by atoms with van der Waals surface area (Å²) in [5, 5.41) is 0.268. The summed E-state index contributed by atoms with van der Waals surface area (Å²) in [6.07, 6.45) is 2.52. The smallest absolute Gasteiger partial charge is 0.261 e. The van der Waals surface area contributed by atoms with E-state index in [1.54, 1.807) is 13.0 Å². The molecule has 0 aliphatic carbocycles. The third kappa shape index (κ3) is 4.86. The molecule has 1 heterocycles. The Bertz CT molecular complexity index is 1340. The Morgan fingerprint density at radius 1 is 0.933 bits per heavy atom. The van der Waals surface area contributed by atoms with E-state index >= 15 is 0 Å². The summed E-state index contributed by atoms with van der Waals surface area (Å²) in [6.45, 7) is 1.73. The van der Waals surface area contributed by atoms with Crippen LogP contribution in [0.25, 0.3) is 0 Å². The number of carbonyl (C=O) groups excluding carboxylic acids is 1. The molecule has 0 aliphatic heterocycles. The predicted octanol–water partition coefficient (Wildman–Crippen LogP) is 3.48. The Morgan fingerprint density at radius 2 is 1.57 bits per heavy atom. The van der Waals surface area contributed by atoms with Crippen LogP contribution < -0.4 is 4.72 Å². The quantitative estimate of drug-likeness (QED) is 0.559. The molecule has 0 radical (unpaired) electrons. The van der Waals surface area contributed by atoms with Gasteiger partial charge in [-0.1, -0.05) is 11.6 Å². The summed E-state index contributed by atoms with van der Waals surface area (Å²) in [6, 6.07) is 12.1. The molecule has 3 aromatic rings. The summed E-state index contributed by atoms with van der Waals surface area (Å²) in [4.78, 5) is 16.9. The number of anilines is 1. The van der Waals surface area contributed by atoms with E-state index in [2.05, 4.69) is 9.71 Å². The average molecular weight is 465 g/mol. The lowest BCUT2D eigenvalue weighted by atomic mass is 10.0. The maximum absolute atomic E-state index is 13.0. The van der Waals surface area contributed by atoms with Gasteiger partial charge in [-0.05, 0) is 61.5 Å². The number of nitrogens with one attached hydrogen (secondary N) is 1. The second-order valence-corrected chi connectivity index (χ2v) is 10.7. The van der Waals surface area contributed by atoms with E-state index in [1.807, 2.05) is 0 Å². The number of hydrogen-bond acceptors (Lipinski definition) is 6. The van der Waals surface area contributed by atoms with Crippen molar-refractivity contribution in [2.24, 2.45) is 0 Å². The van der Waals surface area contributed by atoms with Crippen molar-refractivity contribution in [3.63, 3.8) is 0 Å². The van der Waals surface area contributed by atoms with Gasteiger partial charge in [-0.25, -0.2) is 16.8 Å². The van der Waals surface area contributed by atoms with Gasteiger partial charge in [0.2, 0.25) is 0 Å². The standard InChI is InChI=1S/C20H17ClN2O5S2/c1-13-11-14(9-10-22-13)20(24)18-12-15(21)3-8-19(18)23-30(27,28)17-6-4-16(5-7-17)29(2,25)26/h3-12,23H,1-2H3. The lowest BCUT2D eigenvalue weighted by Gasteiger charge is -2.13. The Morgan fingerprint density at radius 3 is 2.17 bits per heavy atom.